The number of methoxy groups -OCH3 is 1. The van der Waals surface area contributed by atoms with Crippen molar-refractivity contribution in [1.82, 2.24) is 9.88 Å². The topological polar surface area (TPSA) is 82.1 Å². The van der Waals surface area contributed by atoms with Gasteiger partial charge >= 0.3 is 6.18 Å². The molecule has 4 aromatic rings. The van der Waals surface area contributed by atoms with Crippen LogP contribution in [-0.4, -0.2) is 55.7 Å². The molecule has 254 valence electrons. The summed E-state index contributed by atoms with van der Waals surface area (Å²) < 4.78 is 78.8. The Morgan fingerprint density at radius 2 is 1.79 bits per heavy atom. The number of halogens is 4. The van der Waals surface area contributed by atoms with Crippen LogP contribution in [0.3, 0.4) is 0 Å². The molecule has 0 radical (unpaired) electrons. The van der Waals surface area contributed by atoms with Crippen molar-refractivity contribution in [2.75, 3.05) is 39.2 Å². The zero-order valence-electron chi connectivity index (χ0n) is 26.9. The van der Waals surface area contributed by atoms with E-state index in [1.165, 1.54) is 24.4 Å². The molecule has 1 aliphatic rings. The van der Waals surface area contributed by atoms with E-state index in [0.29, 0.717) is 29.4 Å². The van der Waals surface area contributed by atoms with Gasteiger partial charge in [-0.05, 0) is 80.4 Å². The lowest BCUT2D eigenvalue weighted by Crippen LogP contribution is -2.30. The summed E-state index contributed by atoms with van der Waals surface area (Å²) in [4.78, 5) is 19.3. The van der Waals surface area contributed by atoms with E-state index in [2.05, 4.69) is 15.2 Å². The van der Waals surface area contributed by atoms with Gasteiger partial charge in [0.15, 0.2) is 0 Å². The number of hydrogen-bond acceptors (Lipinski definition) is 7. The molecule has 1 aliphatic heterocycles. The van der Waals surface area contributed by atoms with Crippen molar-refractivity contribution in [3.63, 3.8) is 0 Å². The van der Waals surface area contributed by atoms with Crippen LogP contribution in [0.5, 0.6) is 23.1 Å². The van der Waals surface area contributed by atoms with Gasteiger partial charge in [0.05, 0.1) is 25.7 Å². The van der Waals surface area contributed by atoms with Crippen molar-refractivity contribution in [1.29, 1.82) is 0 Å². The van der Waals surface area contributed by atoms with E-state index >= 15 is 4.39 Å². The van der Waals surface area contributed by atoms with E-state index < -0.39 is 29.9 Å². The molecule has 1 amide bonds. The molecule has 0 unspecified atom stereocenters. The first-order valence-electron chi connectivity index (χ1n) is 15.5. The van der Waals surface area contributed by atoms with Crippen molar-refractivity contribution in [3.05, 3.63) is 95.4 Å². The third kappa shape index (κ3) is 8.94. The van der Waals surface area contributed by atoms with E-state index in [4.69, 9.17) is 18.9 Å². The van der Waals surface area contributed by atoms with Gasteiger partial charge in [-0.15, -0.1) is 0 Å². The molecule has 1 atom stereocenters. The lowest BCUT2D eigenvalue weighted by molar-refractivity contribution is -0.137. The summed E-state index contributed by atoms with van der Waals surface area (Å²) in [6, 6.07) is 16.6. The standard InChI is InChI=1S/C36H37F4N3O5/c1-4-46-33-19-35(48-21-23-7-11-29(45-3)12-8-23)41-20-31(33)24-9-10-25(32(37)14-24)15-34(44)42-27-16-26(36(38,39)40)17-30(18-27)47-22-28-6-5-13-43(28)2/h7-12,14,16-20,28H,4-6,13,15,21-22H2,1-3H3,(H,42,44)/t28-/m0/s1. The van der Waals surface area contributed by atoms with Gasteiger partial charge < -0.3 is 29.2 Å². The van der Waals surface area contributed by atoms with Crippen LogP contribution in [-0.2, 0) is 24.0 Å². The zero-order valence-corrected chi connectivity index (χ0v) is 26.9. The highest BCUT2D eigenvalue weighted by atomic mass is 19.4. The number of rotatable bonds is 13. The Kier molecular flexibility index (Phi) is 11.0. The highest BCUT2D eigenvalue weighted by Crippen LogP contribution is 2.36. The number of hydrogen-bond donors (Lipinski definition) is 1. The summed E-state index contributed by atoms with van der Waals surface area (Å²) in [5, 5.41) is 2.47. The number of anilines is 1. The summed E-state index contributed by atoms with van der Waals surface area (Å²) >= 11 is 0. The zero-order chi connectivity index (χ0) is 34.3. The summed E-state index contributed by atoms with van der Waals surface area (Å²) in [6.07, 6.45) is -1.66. The second-order valence-corrected chi connectivity index (χ2v) is 11.5. The molecule has 2 heterocycles. The van der Waals surface area contributed by atoms with Crippen LogP contribution >= 0.6 is 0 Å². The molecule has 8 nitrogen and oxygen atoms in total. The summed E-state index contributed by atoms with van der Waals surface area (Å²) in [6.45, 7) is 3.55. The summed E-state index contributed by atoms with van der Waals surface area (Å²) in [5.74, 6) is 0.129. The second kappa shape index (κ2) is 15.4. The molecular formula is C36H37F4N3O5. The van der Waals surface area contributed by atoms with Crippen molar-refractivity contribution >= 4 is 11.6 Å². The molecule has 1 aromatic heterocycles. The van der Waals surface area contributed by atoms with Crippen LogP contribution < -0.4 is 24.3 Å². The van der Waals surface area contributed by atoms with Crippen molar-refractivity contribution in [2.45, 2.75) is 45.0 Å². The number of nitrogens with one attached hydrogen (secondary N) is 1. The smallest absolute Gasteiger partial charge is 0.416 e. The Hall–Kier alpha value is -4.84. The number of pyridine rings is 1. The Labute approximate surface area is 276 Å². The van der Waals surface area contributed by atoms with Gasteiger partial charge in [0, 0.05) is 35.6 Å². The van der Waals surface area contributed by atoms with Gasteiger partial charge in [-0.3, -0.25) is 4.79 Å². The summed E-state index contributed by atoms with van der Waals surface area (Å²) in [7, 11) is 3.53. The van der Waals surface area contributed by atoms with Crippen LogP contribution in [0, 0.1) is 5.82 Å². The maximum atomic E-state index is 15.3. The van der Waals surface area contributed by atoms with Crippen molar-refractivity contribution in [3.8, 4) is 34.3 Å². The molecule has 1 saturated heterocycles. The molecule has 48 heavy (non-hydrogen) atoms. The number of likely N-dealkylation sites (tertiary alicyclic amines) is 1. The normalized spacial score (nSPS) is 14.9. The van der Waals surface area contributed by atoms with Gasteiger partial charge in [-0.2, -0.15) is 13.2 Å². The minimum absolute atomic E-state index is 0.00757. The molecule has 0 saturated carbocycles. The number of alkyl halides is 3. The van der Waals surface area contributed by atoms with Crippen molar-refractivity contribution in [2.24, 2.45) is 0 Å². The molecule has 1 N–H and O–H groups in total. The quantitative estimate of drug-likeness (QED) is 0.148. The molecule has 3 aromatic carbocycles. The number of amides is 1. The molecule has 0 spiro atoms. The maximum absolute atomic E-state index is 15.3. The minimum Gasteiger partial charge on any atom is -0.497 e. The maximum Gasteiger partial charge on any atom is 0.416 e. The molecule has 12 heteroatoms. The van der Waals surface area contributed by atoms with Gasteiger partial charge in [0.25, 0.3) is 0 Å². The van der Waals surface area contributed by atoms with E-state index in [-0.39, 0.29) is 36.3 Å². The number of carbonyl (C=O) groups is 1. The van der Waals surface area contributed by atoms with E-state index in [0.717, 1.165) is 42.8 Å². The number of likely N-dealkylation sites (N-methyl/N-ethyl adjacent to an activating group) is 1. The third-order valence-corrected chi connectivity index (χ3v) is 8.03. The van der Waals surface area contributed by atoms with Gasteiger partial charge in [0.1, 0.15) is 36.3 Å². The highest BCUT2D eigenvalue weighted by molar-refractivity contribution is 5.92. The number of aromatic nitrogens is 1. The molecule has 5 rings (SSSR count). The number of ether oxygens (including phenoxy) is 4. The van der Waals surface area contributed by atoms with Crippen LogP contribution in [0.4, 0.5) is 23.2 Å². The lowest BCUT2D eigenvalue weighted by atomic mass is 10.0. The monoisotopic (exact) mass is 667 g/mol. The Morgan fingerprint density at radius 3 is 2.46 bits per heavy atom. The van der Waals surface area contributed by atoms with Crippen LogP contribution in [0.25, 0.3) is 11.1 Å². The molecule has 0 bridgehead atoms. The Morgan fingerprint density at radius 1 is 1.00 bits per heavy atom. The predicted molar refractivity (Wildman–Crippen MR) is 173 cm³/mol. The van der Waals surface area contributed by atoms with E-state index in [9.17, 15) is 18.0 Å². The fourth-order valence-electron chi connectivity index (χ4n) is 5.41. The number of benzene rings is 3. The first-order chi connectivity index (χ1) is 23.0. The van der Waals surface area contributed by atoms with Crippen LogP contribution in [0.15, 0.2) is 72.9 Å². The van der Waals surface area contributed by atoms with Crippen molar-refractivity contribution < 1.29 is 41.3 Å². The van der Waals surface area contributed by atoms with E-state index in [1.54, 1.807) is 19.2 Å². The van der Waals surface area contributed by atoms with Crippen LogP contribution in [0.2, 0.25) is 0 Å². The molecule has 0 aliphatic carbocycles. The number of carbonyl (C=O) groups excluding carboxylic acids is 1. The molecular weight excluding hydrogens is 630 g/mol. The second-order valence-electron chi connectivity index (χ2n) is 11.5. The first-order valence-corrected chi connectivity index (χ1v) is 15.5. The lowest BCUT2D eigenvalue weighted by Gasteiger charge is -2.20. The molecule has 1 fully saturated rings. The third-order valence-electron chi connectivity index (χ3n) is 8.03. The van der Waals surface area contributed by atoms with Crippen LogP contribution in [0.1, 0.15) is 36.5 Å². The highest BCUT2D eigenvalue weighted by Gasteiger charge is 2.32. The van der Waals surface area contributed by atoms with E-state index in [1.807, 2.05) is 38.2 Å². The van der Waals surface area contributed by atoms with Gasteiger partial charge in [-0.1, -0.05) is 24.3 Å². The Bertz CT molecular complexity index is 1720. The SMILES string of the molecule is CCOc1cc(OCc2ccc(OC)cc2)ncc1-c1ccc(CC(=O)Nc2cc(OC[C@@H]3CCCN3C)cc(C(F)(F)F)c2)c(F)c1. The minimum atomic E-state index is -4.65. The summed E-state index contributed by atoms with van der Waals surface area (Å²) in [5.41, 5.74) is 0.903. The van der Waals surface area contributed by atoms with Gasteiger partial charge in [0.2, 0.25) is 11.8 Å². The average molecular weight is 668 g/mol. The number of nitrogens with zero attached hydrogens (tertiary/aromatic N) is 2. The fraction of sp³-hybridized carbons (Fsp3) is 0.333. The first kappa shape index (κ1) is 34.5. The average Bonchev–Trinajstić information content (AvgIpc) is 3.48. The predicted octanol–water partition coefficient (Wildman–Crippen LogP) is 7.55. The Balaban J connectivity index is 1.26. The largest absolute Gasteiger partial charge is 0.497 e. The fourth-order valence-corrected chi connectivity index (χ4v) is 5.41. The van der Waals surface area contributed by atoms with Gasteiger partial charge in [-0.25, -0.2) is 9.37 Å².